The maximum Gasteiger partial charge on any atom is 0.0944 e. The third kappa shape index (κ3) is 5.57. The van der Waals surface area contributed by atoms with Gasteiger partial charge in [0.15, 0.2) is 0 Å². The van der Waals surface area contributed by atoms with Gasteiger partial charge in [0.05, 0.1) is 16.8 Å². The molecule has 0 aliphatic carbocycles. The van der Waals surface area contributed by atoms with Crippen LogP contribution in [0.25, 0.3) is 0 Å². The average Bonchev–Trinajstić information content (AvgIpc) is 2.82. The Labute approximate surface area is 120 Å². The Balaban J connectivity index is 2.54. The second-order valence-corrected chi connectivity index (χ2v) is 7.01. The summed E-state index contributed by atoms with van der Waals surface area (Å²) in [5.41, 5.74) is 4.17. The number of rotatable bonds is 7. The summed E-state index contributed by atoms with van der Waals surface area (Å²) >= 11 is 1.72. The molecule has 0 aliphatic rings. The quantitative estimate of drug-likeness (QED) is 0.597. The minimum atomic E-state index is 0.116. The minimum Gasteiger partial charge on any atom is -0.382 e. The highest BCUT2D eigenvalue weighted by Gasteiger charge is 2.19. The number of nitrogens with two attached hydrogens (primary N) is 1. The largest absolute Gasteiger partial charge is 0.382 e. The molecule has 1 heterocycles. The van der Waals surface area contributed by atoms with Crippen molar-refractivity contribution in [2.45, 2.75) is 64.5 Å². The lowest BCUT2D eigenvalue weighted by atomic mass is 9.93. The number of aromatic nitrogens is 1. The van der Waals surface area contributed by atoms with E-state index < -0.39 is 0 Å². The van der Waals surface area contributed by atoms with Crippen LogP contribution in [0.4, 0.5) is 0 Å². The third-order valence-electron chi connectivity index (χ3n) is 3.30. The highest BCUT2D eigenvalue weighted by Crippen LogP contribution is 2.24. The molecule has 1 aromatic rings. The van der Waals surface area contributed by atoms with Crippen molar-refractivity contribution in [3.05, 3.63) is 16.1 Å². The monoisotopic (exact) mass is 285 g/mol. The number of hydrazine groups is 1. The zero-order valence-corrected chi connectivity index (χ0v) is 13.5. The van der Waals surface area contributed by atoms with Gasteiger partial charge in [-0.05, 0) is 19.8 Å². The topological polar surface area (TPSA) is 60.2 Å². The molecule has 0 saturated carbocycles. The highest BCUT2D eigenvalue weighted by atomic mass is 32.1. The molecule has 0 amide bonds. The zero-order chi connectivity index (χ0) is 14.5. The van der Waals surface area contributed by atoms with E-state index in [4.69, 9.17) is 15.6 Å². The summed E-state index contributed by atoms with van der Waals surface area (Å²) in [5.74, 6) is 5.63. The molecule has 0 fully saturated rings. The number of hydrogen-bond donors (Lipinski definition) is 2. The van der Waals surface area contributed by atoms with E-state index in [1.54, 1.807) is 18.4 Å². The summed E-state index contributed by atoms with van der Waals surface area (Å²) in [6.45, 7) is 8.63. The van der Waals surface area contributed by atoms with Crippen LogP contribution in [0.15, 0.2) is 5.38 Å². The predicted molar refractivity (Wildman–Crippen MR) is 81.3 cm³/mol. The van der Waals surface area contributed by atoms with Gasteiger partial charge in [-0.3, -0.25) is 11.3 Å². The fourth-order valence-electron chi connectivity index (χ4n) is 1.76. The molecule has 19 heavy (non-hydrogen) atoms. The maximum absolute atomic E-state index is 5.63. The Bertz CT molecular complexity index is 373. The SMILES string of the molecule is COC(C)CCC(Cc1nc(C(C)(C)C)cs1)NN. The van der Waals surface area contributed by atoms with Gasteiger partial charge < -0.3 is 4.74 Å². The van der Waals surface area contributed by atoms with Gasteiger partial charge in [0.2, 0.25) is 0 Å². The first-order valence-corrected chi connectivity index (χ1v) is 7.68. The van der Waals surface area contributed by atoms with E-state index >= 15 is 0 Å². The number of hydrogen-bond acceptors (Lipinski definition) is 5. The van der Waals surface area contributed by atoms with Crippen molar-refractivity contribution < 1.29 is 4.74 Å². The Morgan fingerprint density at radius 2 is 2.11 bits per heavy atom. The van der Waals surface area contributed by atoms with E-state index in [0.717, 1.165) is 30.0 Å². The van der Waals surface area contributed by atoms with E-state index in [9.17, 15) is 0 Å². The molecular weight excluding hydrogens is 258 g/mol. The van der Waals surface area contributed by atoms with Gasteiger partial charge in [-0.2, -0.15) is 0 Å². The van der Waals surface area contributed by atoms with Crippen molar-refractivity contribution in [3.63, 3.8) is 0 Å². The smallest absolute Gasteiger partial charge is 0.0944 e. The molecule has 4 nitrogen and oxygen atoms in total. The molecular formula is C14H27N3OS. The average molecular weight is 285 g/mol. The zero-order valence-electron chi connectivity index (χ0n) is 12.7. The lowest BCUT2D eigenvalue weighted by molar-refractivity contribution is 0.106. The highest BCUT2D eigenvalue weighted by molar-refractivity contribution is 7.09. The third-order valence-corrected chi connectivity index (χ3v) is 4.17. The van der Waals surface area contributed by atoms with E-state index in [1.807, 2.05) is 0 Å². The summed E-state index contributed by atoms with van der Waals surface area (Å²) in [6.07, 6.45) is 3.16. The lowest BCUT2D eigenvalue weighted by Gasteiger charge is -2.17. The molecule has 1 rings (SSSR count). The molecule has 0 aliphatic heterocycles. The molecule has 3 N–H and O–H groups in total. The first-order chi connectivity index (χ1) is 8.86. The van der Waals surface area contributed by atoms with Gasteiger partial charge >= 0.3 is 0 Å². The van der Waals surface area contributed by atoms with Crippen molar-refractivity contribution >= 4 is 11.3 Å². The van der Waals surface area contributed by atoms with Gasteiger partial charge in [-0.1, -0.05) is 20.8 Å². The van der Waals surface area contributed by atoms with Crippen molar-refractivity contribution in [1.82, 2.24) is 10.4 Å². The van der Waals surface area contributed by atoms with Crippen molar-refractivity contribution in [2.24, 2.45) is 5.84 Å². The van der Waals surface area contributed by atoms with Gasteiger partial charge in [0, 0.05) is 30.4 Å². The van der Waals surface area contributed by atoms with E-state index in [0.29, 0.717) is 0 Å². The Morgan fingerprint density at radius 1 is 1.42 bits per heavy atom. The van der Waals surface area contributed by atoms with E-state index in [-0.39, 0.29) is 17.6 Å². The van der Waals surface area contributed by atoms with Crippen LogP contribution in [0, 0.1) is 0 Å². The molecule has 0 bridgehead atoms. The number of nitrogens with zero attached hydrogens (tertiary/aromatic N) is 1. The standard InChI is InChI=1S/C14H27N3OS/c1-10(18-5)6-7-11(17-15)8-13-16-12(9-19-13)14(2,3)4/h9-11,17H,6-8,15H2,1-5H3. The normalized spacial score (nSPS) is 15.5. The molecule has 5 heteroatoms. The Kier molecular flexibility index (Phi) is 6.39. The molecule has 0 saturated heterocycles. The van der Waals surface area contributed by atoms with Crippen molar-refractivity contribution in [1.29, 1.82) is 0 Å². The van der Waals surface area contributed by atoms with Crippen LogP contribution in [-0.2, 0) is 16.6 Å². The minimum absolute atomic E-state index is 0.116. The number of thiazole rings is 1. The summed E-state index contributed by atoms with van der Waals surface area (Å²) in [5, 5.41) is 3.30. The molecule has 2 unspecified atom stereocenters. The van der Waals surface area contributed by atoms with Gasteiger partial charge in [-0.15, -0.1) is 11.3 Å². The predicted octanol–water partition coefficient (Wildman–Crippen LogP) is 2.63. The molecule has 0 aromatic carbocycles. The Hall–Kier alpha value is -0.490. The molecule has 0 radical (unpaired) electrons. The number of methoxy groups -OCH3 is 1. The summed E-state index contributed by atoms with van der Waals surface area (Å²) in [6, 6.07) is 0.261. The maximum atomic E-state index is 5.63. The molecule has 2 atom stereocenters. The summed E-state index contributed by atoms with van der Waals surface area (Å²) < 4.78 is 5.26. The lowest BCUT2D eigenvalue weighted by Crippen LogP contribution is -2.37. The fraction of sp³-hybridized carbons (Fsp3) is 0.786. The molecule has 110 valence electrons. The van der Waals surface area contributed by atoms with E-state index in [1.165, 1.54) is 0 Å². The summed E-state index contributed by atoms with van der Waals surface area (Å²) in [4.78, 5) is 4.71. The molecule has 0 spiro atoms. The Morgan fingerprint density at radius 3 is 2.58 bits per heavy atom. The van der Waals surface area contributed by atoms with Crippen LogP contribution in [0.1, 0.15) is 51.2 Å². The summed E-state index contributed by atoms with van der Waals surface area (Å²) in [7, 11) is 1.74. The van der Waals surface area contributed by atoms with Crippen LogP contribution < -0.4 is 11.3 Å². The second kappa shape index (κ2) is 7.33. The van der Waals surface area contributed by atoms with E-state index in [2.05, 4.69) is 38.5 Å². The van der Waals surface area contributed by atoms with Gasteiger partial charge in [-0.25, -0.2) is 4.98 Å². The van der Waals surface area contributed by atoms with Gasteiger partial charge in [0.25, 0.3) is 0 Å². The van der Waals surface area contributed by atoms with Gasteiger partial charge in [0.1, 0.15) is 0 Å². The number of nitrogens with one attached hydrogen (secondary N) is 1. The second-order valence-electron chi connectivity index (χ2n) is 6.07. The van der Waals surface area contributed by atoms with Crippen LogP contribution in [0.3, 0.4) is 0 Å². The van der Waals surface area contributed by atoms with Crippen LogP contribution >= 0.6 is 11.3 Å². The number of ether oxygens (including phenoxy) is 1. The van der Waals surface area contributed by atoms with Crippen LogP contribution in [0.2, 0.25) is 0 Å². The first kappa shape index (κ1) is 16.6. The fourth-order valence-corrected chi connectivity index (χ4v) is 2.86. The van der Waals surface area contributed by atoms with Crippen LogP contribution in [0.5, 0.6) is 0 Å². The van der Waals surface area contributed by atoms with Crippen molar-refractivity contribution in [2.75, 3.05) is 7.11 Å². The first-order valence-electron chi connectivity index (χ1n) is 6.80. The molecule has 1 aromatic heterocycles. The van der Waals surface area contributed by atoms with Crippen molar-refractivity contribution in [3.8, 4) is 0 Å². The van der Waals surface area contributed by atoms with Crippen LogP contribution in [-0.4, -0.2) is 24.2 Å².